The van der Waals surface area contributed by atoms with Gasteiger partial charge in [-0.3, -0.25) is 14.4 Å². The molecule has 2 rings (SSSR count). The van der Waals surface area contributed by atoms with Crippen LogP contribution in [-0.2, 0) is 9.59 Å². The molecule has 6 heteroatoms. The summed E-state index contributed by atoms with van der Waals surface area (Å²) < 4.78 is 4.96. The van der Waals surface area contributed by atoms with Crippen LogP contribution in [0, 0.1) is 6.92 Å². The summed E-state index contributed by atoms with van der Waals surface area (Å²) in [5, 5.41) is 5.55. The van der Waals surface area contributed by atoms with Crippen molar-refractivity contribution in [1.29, 1.82) is 0 Å². The number of carbonyl (C=O) groups excluding carboxylic acids is 3. The van der Waals surface area contributed by atoms with Crippen LogP contribution in [-0.4, -0.2) is 30.9 Å². The molecular formula is C22H24N2O4. The van der Waals surface area contributed by atoms with E-state index >= 15 is 0 Å². The summed E-state index contributed by atoms with van der Waals surface area (Å²) in [5.74, 6) is -0.556. The lowest BCUT2D eigenvalue weighted by Crippen LogP contribution is -2.29. The van der Waals surface area contributed by atoms with Crippen LogP contribution >= 0.6 is 0 Å². The first-order chi connectivity index (χ1) is 13.4. The maximum Gasteiger partial charge on any atom is 0.308 e. The molecule has 2 N–H and O–H groups in total. The molecule has 2 aromatic rings. The molecule has 0 fully saturated rings. The molecule has 0 heterocycles. The second kappa shape index (κ2) is 10.7. The van der Waals surface area contributed by atoms with Gasteiger partial charge in [-0.15, -0.1) is 0 Å². The second-order valence-electron chi connectivity index (χ2n) is 6.27. The molecule has 146 valence electrons. The highest BCUT2D eigenvalue weighted by molar-refractivity contribution is 5.94. The van der Waals surface area contributed by atoms with E-state index < -0.39 is 5.97 Å². The van der Waals surface area contributed by atoms with E-state index in [4.69, 9.17) is 4.74 Å². The van der Waals surface area contributed by atoms with E-state index in [1.165, 1.54) is 19.1 Å². The van der Waals surface area contributed by atoms with Crippen LogP contribution in [0.2, 0.25) is 0 Å². The molecule has 0 bridgehead atoms. The first-order valence-electron chi connectivity index (χ1n) is 9.03. The number of carbonyl (C=O) groups is 3. The minimum Gasteiger partial charge on any atom is -0.427 e. The van der Waals surface area contributed by atoms with Crippen LogP contribution in [0.25, 0.3) is 6.08 Å². The number of rotatable bonds is 8. The number of nitrogens with one attached hydrogen (secondary N) is 2. The fourth-order valence-electron chi connectivity index (χ4n) is 2.48. The monoisotopic (exact) mass is 380 g/mol. The van der Waals surface area contributed by atoms with Crippen molar-refractivity contribution in [2.75, 3.05) is 13.1 Å². The van der Waals surface area contributed by atoms with Gasteiger partial charge in [0, 0.05) is 31.7 Å². The van der Waals surface area contributed by atoms with Crippen molar-refractivity contribution in [2.24, 2.45) is 0 Å². The van der Waals surface area contributed by atoms with E-state index in [0.29, 0.717) is 30.8 Å². The molecule has 0 radical (unpaired) electrons. The maximum absolute atomic E-state index is 12.1. The predicted molar refractivity (Wildman–Crippen MR) is 108 cm³/mol. The number of aryl methyl sites for hydroxylation is 1. The van der Waals surface area contributed by atoms with Crippen LogP contribution in [0.1, 0.15) is 34.8 Å². The standard InChI is InChI=1S/C22H24N2O4/c1-16-6-3-7-18(14-16)10-11-21(26)23-12-5-13-24-22(27)19-8-4-9-20(15-19)28-17(2)25/h3-4,6-11,14-15H,5,12-13H2,1-2H3,(H,23,26)(H,24,27)/b11-10+. The summed E-state index contributed by atoms with van der Waals surface area (Å²) in [4.78, 5) is 34.9. The Morgan fingerprint density at radius 1 is 1.00 bits per heavy atom. The van der Waals surface area contributed by atoms with E-state index in [9.17, 15) is 14.4 Å². The van der Waals surface area contributed by atoms with Gasteiger partial charge >= 0.3 is 5.97 Å². The molecule has 0 aliphatic carbocycles. The largest absolute Gasteiger partial charge is 0.427 e. The van der Waals surface area contributed by atoms with Crippen molar-refractivity contribution < 1.29 is 19.1 Å². The summed E-state index contributed by atoms with van der Waals surface area (Å²) >= 11 is 0. The molecule has 0 saturated carbocycles. The number of ether oxygens (including phenoxy) is 1. The summed E-state index contributed by atoms with van der Waals surface area (Å²) in [6.45, 7) is 4.17. The smallest absolute Gasteiger partial charge is 0.308 e. The molecular weight excluding hydrogens is 356 g/mol. The molecule has 2 amide bonds. The van der Waals surface area contributed by atoms with Gasteiger partial charge in [0.25, 0.3) is 5.91 Å². The van der Waals surface area contributed by atoms with Crippen molar-refractivity contribution in [1.82, 2.24) is 10.6 Å². The van der Waals surface area contributed by atoms with Crippen molar-refractivity contribution in [2.45, 2.75) is 20.3 Å². The first-order valence-corrected chi connectivity index (χ1v) is 9.03. The Bertz CT molecular complexity index is 874. The predicted octanol–water partition coefficient (Wildman–Crippen LogP) is 2.87. The number of amides is 2. The lowest BCUT2D eigenvalue weighted by molar-refractivity contribution is -0.131. The summed E-state index contributed by atoms with van der Waals surface area (Å²) in [7, 11) is 0. The molecule has 0 saturated heterocycles. The Morgan fingerprint density at radius 2 is 1.75 bits per heavy atom. The van der Waals surface area contributed by atoms with Gasteiger partial charge in [-0.25, -0.2) is 0 Å². The van der Waals surface area contributed by atoms with Crippen LogP contribution in [0.5, 0.6) is 5.75 Å². The number of esters is 1. The average Bonchev–Trinajstić information content (AvgIpc) is 2.65. The van der Waals surface area contributed by atoms with Gasteiger partial charge in [0.2, 0.25) is 5.91 Å². The number of hydrogen-bond acceptors (Lipinski definition) is 4. The Hall–Kier alpha value is -3.41. The highest BCUT2D eigenvalue weighted by Crippen LogP contribution is 2.13. The molecule has 2 aromatic carbocycles. The Labute approximate surface area is 164 Å². The van der Waals surface area contributed by atoms with Gasteiger partial charge in [-0.2, -0.15) is 0 Å². The quantitative estimate of drug-likeness (QED) is 0.319. The van der Waals surface area contributed by atoms with Crippen LogP contribution < -0.4 is 15.4 Å². The molecule has 0 aliphatic rings. The summed E-state index contributed by atoms with van der Waals surface area (Å²) in [6.07, 6.45) is 3.85. The van der Waals surface area contributed by atoms with Gasteiger partial charge in [0.1, 0.15) is 5.75 Å². The Kier molecular flexibility index (Phi) is 7.96. The third-order valence-electron chi connectivity index (χ3n) is 3.77. The van der Waals surface area contributed by atoms with Gasteiger partial charge in [-0.05, 0) is 43.2 Å². The molecule has 0 aliphatic heterocycles. The van der Waals surface area contributed by atoms with E-state index in [-0.39, 0.29) is 11.8 Å². The number of hydrogen-bond donors (Lipinski definition) is 2. The Morgan fingerprint density at radius 3 is 2.50 bits per heavy atom. The summed E-state index contributed by atoms with van der Waals surface area (Å²) in [5.41, 5.74) is 2.51. The average molecular weight is 380 g/mol. The molecule has 0 unspecified atom stereocenters. The van der Waals surface area contributed by atoms with Gasteiger partial charge in [-0.1, -0.05) is 35.9 Å². The van der Waals surface area contributed by atoms with Crippen molar-refractivity contribution in [3.63, 3.8) is 0 Å². The lowest BCUT2D eigenvalue weighted by Gasteiger charge is -2.07. The van der Waals surface area contributed by atoms with Gasteiger partial charge in [0.15, 0.2) is 0 Å². The third kappa shape index (κ3) is 7.45. The molecule has 0 spiro atoms. The van der Waals surface area contributed by atoms with Gasteiger partial charge < -0.3 is 15.4 Å². The molecule has 6 nitrogen and oxygen atoms in total. The fraction of sp³-hybridized carbons (Fsp3) is 0.227. The SMILES string of the molecule is CC(=O)Oc1cccc(C(=O)NCCCNC(=O)/C=C/c2cccc(C)c2)c1. The molecule has 28 heavy (non-hydrogen) atoms. The second-order valence-corrected chi connectivity index (χ2v) is 6.27. The molecule has 0 atom stereocenters. The van der Waals surface area contributed by atoms with Crippen LogP contribution in [0.15, 0.2) is 54.6 Å². The number of benzene rings is 2. The van der Waals surface area contributed by atoms with E-state index in [1.807, 2.05) is 31.2 Å². The zero-order valence-electron chi connectivity index (χ0n) is 16.0. The normalized spacial score (nSPS) is 10.5. The van der Waals surface area contributed by atoms with E-state index in [1.54, 1.807) is 24.3 Å². The first kappa shape index (κ1) is 20.9. The zero-order valence-corrected chi connectivity index (χ0v) is 16.0. The van der Waals surface area contributed by atoms with Crippen LogP contribution in [0.4, 0.5) is 0 Å². The van der Waals surface area contributed by atoms with Crippen molar-refractivity contribution in [3.8, 4) is 5.75 Å². The fourth-order valence-corrected chi connectivity index (χ4v) is 2.48. The highest BCUT2D eigenvalue weighted by Gasteiger charge is 2.07. The minimum atomic E-state index is -0.440. The lowest BCUT2D eigenvalue weighted by atomic mass is 10.1. The maximum atomic E-state index is 12.1. The van der Waals surface area contributed by atoms with E-state index in [0.717, 1.165) is 11.1 Å². The molecule has 0 aromatic heterocycles. The van der Waals surface area contributed by atoms with Crippen molar-refractivity contribution >= 4 is 23.9 Å². The Balaban J connectivity index is 1.69. The topological polar surface area (TPSA) is 84.5 Å². The third-order valence-corrected chi connectivity index (χ3v) is 3.77. The highest BCUT2D eigenvalue weighted by atomic mass is 16.5. The van der Waals surface area contributed by atoms with E-state index in [2.05, 4.69) is 10.6 Å². The minimum absolute atomic E-state index is 0.179. The summed E-state index contributed by atoms with van der Waals surface area (Å²) in [6, 6.07) is 14.3. The van der Waals surface area contributed by atoms with Gasteiger partial charge in [0.05, 0.1) is 0 Å². The van der Waals surface area contributed by atoms with Crippen molar-refractivity contribution in [3.05, 3.63) is 71.3 Å². The van der Waals surface area contributed by atoms with Crippen LogP contribution in [0.3, 0.4) is 0 Å². The zero-order chi connectivity index (χ0) is 20.4.